The van der Waals surface area contributed by atoms with Gasteiger partial charge in [0, 0.05) is 23.0 Å². The van der Waals surface area contributed by atoms with Gasteiger partial charge in [0.15, 0.2) is 0 Å². The summed E-state index contributed by atoms with van der Waals surface area (Å²) in [6, 6.07) is 12.7. The molecule has 1 amide bonds. The topological polar surface area (TPSA) is 96.0 Å². The molecular weight excluding hydrogens is 366 g/mol. The Bertz CT molecular complexity index is 1080. The van der Waals surface area contributed by atoms with Crippen LogP contribution in [0.3, 0.4) is 0 Å². The van der Waals surface area contributed by atoms with Crippen molar-refractivity contribution in [1.29, 1.82) is 0 Å². The summed E-state index contributed by atoms with van der Waals surface area (Å²) in [6.07, 6.45) is 3.70. The van der Waals surface area contributed by atoms with Crippen LogP contribution >= 0.6 is 0 Å². The van der Waals surface area contributed by atoms with Gasteiger partial charge in [-0.05, 0) is 43.7 Å². The van der Waals surface area contributed by atoms with Crippen molar-refractivity contribution in [1.82, 2.24) is 9.97 Å². The molecule has 29 heavy (non-hydrogen) atoms. The number of nitrogens with zero attached hydrogens (tertiary/aromatic N) is 2. The molecule has 7 heteroatoms. The van der Waals surface area contributed by atoms with E-state index in [1.165, 1.54) is 6.08 Å². The zero-order valence-corrected chi connectivity index (χ0v) is 16.2. The fourth-order valence-corrected chi connectivity index (χ4v) is 2.61. The normalized spacial score (nSPS) is 10.1. The second-order valence-corrected chi connectivity index (χ2v) is 6.41. The predicted octanol–water partition coefficient (Wildman–Crippen LogP) is 4.52. The number of aldehydes is 1. The van der Waals surface area contributed by atoms with Crippen molar-refractivity contribution >= 4 is 41.0 Å². The molecule has 0 aliphatic carbocycles. The molecule has 0 saturated heterocycles. The number of aromatic nitrogens is 2. The minimum atomic E-state index is -0.299. The largest absolute Gasteiger partial charge is 0.338 e. The van der Waals surface area contributed by atoms with Gasteiger partial charge in [-0.25, -0.2) is 4.98 Å². The fourth-order valence-electron chi connectivity index (χ4n) is 2.61. The van der Waals surface area contributed by atoms with Crippen LogP contribution in [0.4, 0.5) is 28.8 Å². The fraction of sp³-hybridized carbons (Fsp3) is 0.0909. The van der Waals surface area contributed by atoms with E-state index >= 15 is 0 Å². The molecule has 7 nitrogen and oxygen atoms in total. The molecule has 2 aromatic carbocycles. The number of benzene rings is 2. The van der Waals surface area contributed by atoms with Crippen LogP contribution in [-0.4, -0.2) is 22.2 Å². The number of rotatable bonds is 7. The summed E-state index contributed by atoms with van der Waals surface area (Å²) in [4.78, 5) is 31.6. The highest BCUT2D eigenvalue weighted by Crippen LogP contribution is 2.27. The van der Waals surface area contributed by atoms with Gasteiger partial charge in [0.1, 0.15) is 12.1 Å². The Morgan fingerprint density at radius 3 is 2.48 bits per heavy atom. The number of anilines is 5. The van der Waals surface area contributed by atoms with Crippen molar-refractivity contribution < 1.29 is 9.59 Å². The molecule has 1 heterocycles. The van der Waals surface area contributed by atoms with E-state index in [-0.39, 0.29) is 5.91 Å². The first-order chi connectivity index (χ1) is 14.0. The molecule has 0 fully saturated rings. The molecule has 0 bridgehead atoms. The van der Waals surface area contributed by atoms with Gasteiger partial charge in [-0.1, -0.05) is 30.8 Å². The van der Waals surface area contributed by atoms with Gasteiger partial charge in [0.05, 0.1) is 11.4 Å². The lowest BCUT2D eigenvalue weighted by Crippen LogP contribution is -2.10. The van der Waals surface area contributed by atoms with E-state index in [0.29, 0.717) is 28.7 Å². The van der Waals surface area contributed by atoms with Crippen LogP contribution < -0.4 is 16.0 Å². The van der Waals surface area contributed by atoms with Crippen LogP contribution in [-0.2, 0) is 4.79 Å². The van der Waals surface area contributed by atoms with Crippen LogP contribution in [0.5, 0.6) is 0 Å². The smallest absolute Gasteiger partial charge is 0.247 e. The van der Waals surface area contributed by atoms with Crippen molar-refractivity contribution in [2.24, 2.45) is 0 Å². The van der Waals surface area contributed by atoms with Crippen LogP contribution in [0, 0.1) is 13.8 Å². The van der Waals surface area contributed by atoms with Crippen LogP contribution in [0.25, 0.3) is 0 Å². The lowest BCUT2D eigenvalue weighted by Gasteiger charge is -2.15. The van der Waals surface area contributed by atoms with Gasteiger partial charge >= 0.3 is 0 Å². The van der Waals surface area contributed by atoms with Crippen molar-refractivity contribution in [3.8, 4) is 0 Å². The highest BCUT2D eigenvalue weighted by molar-refractivity contribution is 6.01. The number of carbonyl (C=O) groups is 2. The van der Waals surface area contributed by atoms with Crippen molar-refractivity contribution in [3.63, 3.8) is 0 Å². The van der Waals surface area contributed by atoms with Crippen LogP contribution in [0.15, 0.2) is 61.3 Å². The van der Waals surface area contributed by atoms with E-state index in [4.69, 9.17) is 0 Å². The maximum Gasteiger partial charge on any atom is 0.247 e. The SMILES string of the molecule is C=CC(=O)Nc1ccccc1Nc1nc(Nc2cc(C=O)ccc2C)ncc1C. The van der Waals surface area contributed by atoms with E-state index in [1.807, 2.05) is 38.1 Å². The molecule has 0 unspecified atom stereocenters. The number of hydrogen-bond acceptors (Lipinski definition) is 6. The third-order valence-electron chi connectivity index (χ3n) is 4.24. The van der Waals surface area contributed by atoms with E-state index < -0.39 is 0 Å². The molecule has 0 aliphatic rings. The average Bonchev–Trinajstić information content (AvgIpc) is 2.73. The highest BCUT2D eigenvalue weighted by Gasteiger charge is 2.10. The Labute approximate surface area is 168 Å². The Hall–Kier alpha value is -4.00. The van der Waals surface area contributed by atoms with Crippen molar-refractivity contribution in [3.05, 3.63) is 78.0 Å². The van der Waals surface area contributed by atoms with E-state index in [1.54, 1.807) is 24.4 Å². The van der Waals surface area contributed by atoms with Crippen LogP contribution in [0.1, 0.15) is 21.5 Å². The Morgan fingerprint density at radius 1 is 1.00 bits per heavy atom. The summed E-state index contributed by atoms with van der Waals surface area (Å²) in [5, 5.41) is 9.15. The Kier molecular flexibility index (Phi) is 5.99. The zero-order valence-electron chi connectivity index (χ0n) is 16.2. The number of nitrogens with one attached hydrogen (secondary N) is 3. The first-order valence-electron chi connectivity index (χ1n) is 8.96. The second-order valence-electron chi connectivity index (χ2n) is 6.41. The van der Waals surface area contributed by atoms with Gasteiger partial charge in [-0.2, -0.15) is 4.98 Å². The van der Waals surface area contributed by atoms with Crippen molar-refractivity contribution in [2.75, 3.05) is 16.0 Å². The Balaban J connectivity index is 1.88. The molecule has 0 saturated carbocycles. The molecule has 3 aromatic rings. The summed E-state index contributed by atoms with van der Waals surface area (Å²) >= 11 is 0. The van der Waals surface area contributed by atoms with Gasteiger partial charge in [0.25, 0.3) is 0 Å². The van der Waals surface area contributed by atoms with Crippen molar-refractivity contribution in [2.45, 2.75) is 13.8 Å². The number of aryl methyl sites for hydroxylation is 2. The molecule has 0 radical (unpaired) electrons. The lowest BCUT2D eigenvalue weighted by atomic mass is 10.1. The average molecular weight is 387 g/mol. The lowest BCUT2D eigenvalue weighted by molar-refractivity contribution is -0.111. The quantitative estimate of drug-likeness (QED) is 0.407. The molecular formula is C22H21N5O2. The van der Waals surface area contributed by atoms with Gasteiger partial charge in [-0.15, -0.1) is 0 Å². The summed E-state index contributed by atoms with van der Waals surface area (Å²) < 4.78 is 0. The summed E-state index contributed by atoms with van der Waals surface area (Å²) in [5.41, 5.74) is 4.41. The maximum absolute atomic E-state index is 11.7. The van der Waals surface area contributed by atoms with E-state index in [0.717, 1.165) is 23.1 Å². The number of hydrogen-bond donors (Lipinski definition) is 3. The number of para-hydroxylation sites is 2. The third kappa shape index (κ3) is 4.84. The Morgan fingerprint density at radius 2 is 1.76 bits per heavy atom. The molecule has 0 aliphatic heterocycles. The first-order valence-corrected chi connectivity index (χ1v) is 8.96. The molecule has 3 rings (SSSR count). The minimum Gasteiger partial charge on any atom is -0.338 e. The number of amides is 1. The predicted molar refractivity (Wildman–Crippen MR) is 115 cm³/mol. The second kappa shape index (κ2) is 8.79. The molecule has 1 aromatic heterocycles. The maximum atomic E-state index is 11.7. The summed E-state index contributed by atoms with van der Waals surface area (Å²) in [6.45, 7) is 7.29. The molecule has 0 spiro atoms. The zero-order chi connectivity index (χ0) is 20.8. The number of carbonyl (C=O) groups excluding carboxylic acids is 2. The highest BCUT2D eigenvalue weighted by atomic mass is 16.1. The van der Waals surface area contributed by atoms with Crippen LogP contribution in [0.2, 0.25) is 0 Å². The first kappa shape index (κ1) is 19.8. The van der Waals surface area contributed by atoms with E-state index in [2.05, 4.69) is 32.5 Å². The molecule has 146 valence electrons. The standard InChI is InChI=1S/C22H21N5O2/c1-4-20(29)24-17-7-5-6-8-18(17)25-21-15(3)12-23-22(27-21)26-19-11-16(13-28)10-9-14(19)2/h4-13H,1H2,2-3H3,(H,24,29)(H2,23,25,26,27). The van der Waals surface area contributed by atoms with Gasteiger partial charge < -0.3 is 16.0 Å². The third-order valence-corrected chi connectivity index (χ3v) is 4.24. The minimum absolute atomic E-state index is 0.299. The van der Waals surface area contributed by atoms with Gasteiger partial charge in [-0.3, -0.25) is 9.59 Å². The van der Waals surface area contributed by atoms with Gasteiger partial charge in [0.2, 0.25) is 11.9 Å². The molecule has 0 atom stereocenters. The monoisotopic (exact) mass is 387 g/mol. The van der Waals surface area contributed by atoms with E-state index in [9.17, 15) is 9.59 Å². The summed E-state index contributed by atoms with van der Waals surface area (Å²) in [5.74, 6) is 0.676. The summed E-state index contributed by atoms with van der Waals surface area (Å²) in [7, 11) is 0. The molecule has 3 N–H and O–H groups in total.